The van der Waals surface area contributed by atoms with E-state index in [2.05, 4.69) is 27.3 Å². The van der Waals surface area contributed by atoms with E-state index in [1.54, 1.807) is 0 Å². The fourth-order valence-electron chi connectivity index (χ4n) is 3.10. The van der Waals surface area contributed by atoms with Gasteiger partial charge in [0.25, 0.3) is 0 Å². The van der Waals surface area contributed by atoms with Gasteiger partial charge in [0.05, 0.1) is 12.2 Å². The molecule has 1 heterocycles. The molecule has 1 saturated carbocycles. The van der Waals surface area contributed by atoms with Crippen LogP contribution in [0.25, 0.3) is 0 Å². The van der Waals surface area contributed by atoms with Crippen molar-refractivity contribution in [3.63, 3.8) is 0 Å². The van der Waals surface area contributed by atoms with Gasteiger partial charge in [-0.15, -0.1) is 0 Å². The molecule has 3 nitrogen and oxygen atoms in total. The van der Waals surface area contributed by atoms with E-state index in [1.165, 1.54) is 5.56 Å². The Morgan fingerprint density at radius 1 is 1.37 bits per heavy atom. The third-order valence-electron chi connectivity index (χ3n) is 4.22. The van der Waals surface area contributed by atoms with Crippen LogP contribution in [-0.4, -0.2) is 23.9 Å². The highest BCUT2D eigenvalue weighted by molar-refractivity contribution is 9.10. The molecule has 1 atom stereocenters. The summed E-state index contributed by atoms with van der Waals surface area (Å²) in [6, 6.07) is 6.42. The molecule has 104 valence electrons. The standard InChI is InChI=1S/C15H20BrNO2/c16-11-3-4-14-12(9-11)13(5-8-19-14)17-10-15(18)6-1-2-7-15/h3-4,9,13,17-18H,1-2,5-8,10H2. The smallest absolute Gasteiger partial charge is 0.124 e. The fraction of sp³-hybridized carbons (Fsp3) is 0.600. The number of nitrogens with one attached hydrogen (secondary N) is 1. The van der Waals surface area contributed by atoms with Crippen LogP contribution in [0.5, 0.6) is 5.75 Å². The van der Waals surface area contributed by atoms with Crippen molar-refractivity contribution in [2.45, 2.75) is 43.7 Å². The lowest BCUT2D eigenvalue weighted by atomic mass is 9.97. The Hall–Kier alpha value is -0.580. The quantitative estimate of drug-likeness (QED) is 0.896. The van der Waals surface area contributed by atoms with Gasteiger partial charge >= 0.3 is 0 Å². The largest absolute Gasteiger partial charge is 0.493 e. The number of fused-ring (bicyclic) bond motifs is 1. The van der Waals surface area contributed by atoms with Crippen LogP contribution in [0.4, 0.5) is 0 Å². The number of rotatable bonds is 3. The Balaban J connectivity index is 1.71. The third-order valence-corrected chi connectivity index (χ3v) is 4.72. The van der Waals surface area contributed by atoms with Gasteiger partial charge in [-0.1, -0.05) is 28.8 Å². The Kier molecular flexibility index (Phi) is 3.83. The van der Waals surface area contributed by atoms with E-state index in [1.807, 2.05) is 12.1 Å². The first-order valence-electron chi connectivity index (χ1n) is 7.04. The second-order valence-electron chi connectivity index (χ2n) is 5.68. The first-order valence-corrected chi connectivity index (χ1v) is 7.84. The van der Waals surface area contributed by atoms with Crippen LogP contribution in [0.3, 0.4) is 0 Å². The summed E-state index contributed by atoms with van der Waals surface area (Å²) >= 11 is 3.51. The lowest BCUT2D eigenvalue weighted by Crippen LogP contribution is -2.40. The van der Waals surface area contributed by atoms with Gasteiger partial charge in [0.1, 0.15) is 5.75 Å². The van der Waals surface area contributed by atoms with Crippen molar-refractivity contribution in [1.29, 1.82) is 0 Å². The molecule has 0 radical (unpaired) electrons. The van der Waals surface area contributed by atoms with Crippen molar-refractivity contribution in [3.8, 4) is 5.75 Å². The summed E-state index contributed by atoms with van der Waals surface area (Å²) in [4.78, 5) is 0. The number of ether oxygens (including phenoxy) is 1. The van der Waals surface area contributed by atoms with Crippen LogP contribution >= 0.6 is 15.9 Å². The number of hydrogen-bond acceptors (Lipinski definition) is 3. The average Bonchev–Trinajstić information content (AvgIpc) is 2.84. The van der Waals surface area contributed by atoms with Crippen LogP contribution in [0.1, 0.15) is 43.7 Å². The predicted molar refractivity (Wildman–Crippen MR) is 78.4 cm³/mol. The summed E-state index contributed by atoms with van der Waals surface area (Å²) in [5.74, 6) is 0.963. The Morgan fingerprint density at radius 3 is 2.95 bits per heavy atom. The van der Waals surface area contributed by atoms with Crippen LogP contribution in [0.15, 0.2) is 22.7 Å². The summed E-state index contributed by atoms with van der Waals surface area (Å²) in [5, 5.41) is 14.0. The molecule has 0 saturated heterocycles. The molecule has 1 fully saturated rings. The number of benzene rings is 1. The van der Waals surface area contributed by atoms with Gasteiger partial charge in [-0.2, -0.15) is 0 Å². The van der Waals surface area contributed by atoms with Crippen LogP contribution < -0.4 is 10.1 Å². The van der Waals surface area contributed by atoms with Crippen molar-refractivity contribution in [3.05, 3.63) is 28.2 Å². The Labute approximate surface area is 122 Å². The number of hydrogen-bond donors (Lipinski definition) is 2. The number of halogens is 1. The van der Waals surface area contributed by atoms with Crippen molar-refractivity contribution >= 4 is 15.9 Å². The van der Waals surface area contributed by atoms with Crippen LogP contribution in [0.2, 0.25) is 0 Å². The molecule has 2 aliphatic rings. The maximum atomic E-state index is 10.4. The van der Waals surface area contributed by atoms with Crippen molar-refractivity contribution in [2.24, 2.45) is 0 Å². The van der Waals surface area contributed by atoms with Crippen LogP contribution in [0, 0.1) is 0 Å². The summed E-state index contributed by atoms with van der Waals surface area (Å²) in [5.41, 5.74) is 0.701. The van der Waals surface area contributed by atoms with E-state index in [-0.39, 0.29) is 6.04 Å². The molecule has 0 bridgehead atoms. The molecule has 3 rings (SSSR count). The maximum absolute atomic E-state index is 10.4. The highest BCUT2D eigenvalue weighted by Crippen LogP contribution is 2.35. The van der Waals surface area contributed by atoms with Crippen molar-refractivity contribution < 1.29 is 9.84 Å². The van der Waals surface area contributed by atoms with Gasteiger partial charge in [-0.3, -0.25) is 0 Å². The first kappa shape index (κ1) is 13.4. The van der Waals surface area contributed by atoms with E-state index in [9.17, 15) is 5.11 Å². The van der Waals surface area contributed by atoms with Gasteiger partial charge in [-0.05, 0) is 31.0 Å². The molecular formula is C15H20BrNO2. The maximum Gasteiger partial charge on any atom is 0.124 e. The zero-order chi connectivity index (χ0) is 13.3. The topological polar surface area (TPSA) is 41.5 Å². The summed E-state index contributed by atoms with van der Waals surface area (Å²) in [7, 11) is 0. The third kappa shape index (κ3) is 2.96. The molecule has 1 aliphatic heterocycles. The van der Waals surface area contributed by atoms with Gasteiger partial charge in [-0.25, -0.2) is 0 Å². The minimum atomic E-state index is -0.496. The number of aliphatic hydroxyl groups is 1. The Morgan fingerprint density at radius 2 is 2.16 bits per heavy atom. The molecule has 1 aromatic carbocycles. The van der Waals surface area contributed by atoms with Gasteiger partial charge in [0.15, 0.2) is 0 Å². The van der Waals surface area contributed by atoms with Gasteiger partial charge in [0.2, 0.25) is 0 Å². The fourth-order valence-corrected chi connectivity index (χ4v) is 3.48. The first-order chi connectivity index (χ1) is 9.16. The zero-order valence-electron chi connectivity index (χ0n) is 11.0. The molecular weight excluding hydrogens is 306 g/mol. The molecule has 0 amide bonds. The summed E-state index contributed by atoms with van der Waals surface area (Å²) in [6.45, 7) is 1.42. The normalized spacial score (nSPS) is 24.8. The molecule has 0 spiro atoms. The van der Waals surface area contributed by atoms with E-state index >= 15 is 0 Å². The zero-order valence-corrected chi connectivity index (χ0v) is 12.6. The highest BCUT2D eigenvalue weighted by Gasteiger charge is 2.32. The molecule has 1 aliphatic carbocycles. The lowest BCUT2D eigenvalue weighted by Gasteiger charge is -2.30. The highest BCUT2D eigenvalue weighted by atomic mass is 79.9. The van der Waals surface area contributed by atoms with Gasteiger partial charge in [0, 0.05) is 29.0 Å². The van der Waals surface area contributed by atoms with E-state index in [4.69, 9.17) is 4.74 Å². The van der Waals surface area contributed by atoms with E-state index in [0.29, 0.717) is 6.54 Å². The van der Waals surface area contributed by atoms with Crippen molar-refractivity contribution in [1.82, 2.24) is 5.32 Å². The summed E-state index contributed by atoms with van der Waals surface area (Å²) < 4.78 is 6.75. The average molecular weight is 326 g/mol. The minimum Gasteiger partial charge on any atom is -0.493 e. The molecule has 2 N–H and O–H groups in total. The molecule has 4 heteroatoms. The second-order valence-corrected chi connectivity index (χ2v) is 6.60. The monoisotopic (exact) mass is 325 g/mol. The lowest BCUT2D eigenvalue weighted by molar-refractivity contribution is 0.0431. The van der Waals surface area contributed by atoms with E-state index in [0.717, 1.165) is 48.9 Å². The van der Waals surface area contributed by atoms with Gasteiger partial charge < -0.3 is 15.2 Å². The van der Waals surface area contributed by atoms with Crippen LogP contribution in [-0.2, 0) is 0 Å². The Bertz CT molecular complexity index is 457. The van der Waals surface area contributed by atoms with Crippen molar-refractivity contribution in [2.75, 3.05) is 13.2 Å². The molecule has 1 aromatic rings. The predicted octanol–water partition coefficient (Wildman–Crippen LogP) is 3.17. The molecule has 0 aromatic heterocycles. The molecule has 19 heavy (non-hydrogen) atoms. The molecule has 1 unspecified atom stereocenters. The SMILES string of the molecule is OC1(CNC2CCOc3ccc(Br)cc32)CCCC1. The summed E-state index contributed by atoms with van der Waals surface area (Å²) in [6.07, 6.45) is 5.10. The second kappa shape index (κ2) is 5.43. The van der Waals surface area contributed by atoms with E-state index < -0.39 is 5.60 Å². The minimum absolute atomic E-state index is 0.283.